The molecular formula is C20H22ClN5O3. The van der Waals surface area contributed by atoms with Gasteiger partial charge in [-0.15, -0.1) is 0 Å². The minimum absolute atomic E-state index is 0.0135. The molecule has 29 heavy (non-hydrogen) atoms. The largest absolute Gasteiger partial charge is 0.495 e. The van der Waals surface area contributed by atoms with Crippen LogP contribution in [0, 0.1) is 10.1 Å². The zero-order chi connectivity index (χ0) is 20.7. The number of anilines is 2. The normalized spacial score (nSPS) is 12.2. The number of hydrogen-bond acceptors (Lipinski definition) is 6. The number of benzene rings is 2. The van der Waals surface area contributed by atoms with Gasteiger partial charge in [0.15, 0.2) is 0 Å². The van der Waals surface area contributed by atoms with Crippen LogP contribution in [0.5, 0.6) is 5.75 Å². The Labute approximate surface area is 173 Å². The van der Waals surface area contributed by atoms with Gasteiger partial charge in [-0.05, 0) is 31.3 Å². The van der Waals surface area contributed by atoms with Gasteiger partial charge in [0.1, 0.15) is 17.1 Å². The van der Waals surface area contributed by atoms with Crippen molar-refractivity contribution < 1.29 is 9.66 Å². The van der Waals surface area contributed by atoms with Crippen molar-refractivity contribution in [3.05, 3.63) is 39.4 Å². The van der Waals surface area contributed by atoms with E-state index < -0.39 is 0 Å². The molecule has 0 saturated heterocycles. The molecule has 4 rings (SSSR count). The van der Waals surface area contributed by atoms with Crippen LogP contribution in [-0.4, -0.2) is 46.3 Å². The van der Waals surface area contributed by atoms with Crippen molar-refractivity contribution in [1.29, 1.82) is 0 Å². The first-order chi connectivity index (χ1) is 14.0. The van der Waals surface area contributed by atoms with Crippen LogP contribution in [0.1, 0.15) is 13.8 Å². The molecule has 2 heterocycles. The summed E-state index contributed by atoms with van der Waals surface area (Å²) in [7, 11) is 1.56. The molecule has 0 bridgehead atoms. The quantitative estimate of drug-likeness (QED) is 0.348. The fourth-order valence-electron chi connectivity index (χ4n) is 3.85. The topological polar surface area (TPSA) is 85.5 Å². The molecule has 0 spiro atoms. The number of rotatable bonds is 7. The molecule has 9 heteroatoms. The van der Waals surface area contributed by atoms with E-state index in [1.807, 2.05) is 4.68 Å². The Morgan fingerprint density at radius 1 is 1.28 bits per heavy atom. The zero-order valence-electron chi connectivity index (χ0n) is 16.5. The van der Waals surface area contributed by atoms with E-state index in [9.17, 15) is 10.1 Å². The number of nitrogens with zero attached hydrogens (tertiary/aromatic N) is 4. The summed E-state index contributed by atoms with van der Waals surface area (Å²) < 4.78 is 7.27. The van der Waals surface area contributed by atoms with E-state index in [0.717, 1.165) is 25.2 Å². The molecule has 0 amide bonds. The monoisotopic (exact) mass is 415 g/mol. The van der Waals surface area contributed by atoms with Crippen LogP contribution < -0.4 is 10.1 Å². The van der Waals surface area contributed by atoms with Crippen LogP contribution in [-0.2, 0) is 6.54 Å². The number of nitrogens with one attached hydrogen (secondary N) is 1. The molecule has 8 nitrogen and oxygen atoms in total. The average molecular weight is 416 g/mol. The van der Waals surface area contributed by atoms with Gasteiger partial charge >= 0.3 is 0 Å². The van der Waals surface area contributed by atoms with Crippen molar-refractivity contribution in [3.63, 3.8) is 0 Å². The number of likely N-dealkylation sites (N-methyl/N-ethyl adjacent to an activating group) is 1. The highest BCUT2D eigenvalue weighted by Crippen LogP contribution is 2.51. The van der Waals surface area contributed by atoms with E-state index in [-0.39, 0.29) is 10.6 Å². The Hall–Kier alpha value is -2.84. The molecule has 0 aliphatic carbocycles. The summed E-state index contributed by atoms with van der Waals surface area (Å²) in [6.45, 7) is 7.66. The number of methoxy groups -OCH3 is 1. The summed E-state index contributed by atoms with van der Waals surface area (Å²) in [6, 6.07) is 6.83. The first-order valence-electron chi connectivity index (χ1n) is 9.54. The number of aromatic nitrogens is 2. The smallest absolute Gasteiger partial charge is 0.293 e. The third-order valence-electron chi connectivity index (χ3n) is 5.44. The lowest BCUT2D eigenvalue weighted by atomic mass is 9.99. The SMILES string of the molecule is CCN(CC)CCn1nc2c3c(c([N+](=O)[O-])ccc31)Nc1ccc(OC)c(Cl)c1-2. The van der Waals surface area contributed by atoms with Gasteiger partial charge in [-0.1, -0.05) is 25.4 Å². The van der Waals surface area contributed by atoms with Crippen LogP contribution in [0.15, 0.2) is 24.3 Å². The van der Waals surface area contributed by atoms with Crippen LogP contribution in [0.2, 0.25) is 5.02 Å². The second-order valence-corrected chi connectivity index (χ2v) is 7.22. The predicted molar refractivity (Wildman–Crippen MR) is 114 cm³/mol. The van der Waals surface area contributed by atoms with E-state index in [1.165, 1.54) is 6.07 Å². The van der Waals surface area contributed by atoms with Crippen molar-refractivity contribution in [2.45, 2.75) is 20.4 Å². The highest BCUT2D eigenvalue weighted by atomic mass is 35.5. The van der Waals surface area contributed by atoms with Gasteiger partial charge in [-0.25, -0.2) is 0 Å². The van der Waals surface area contributed by atoms with Crippen molar-refractivity contribution in [2.75, 3.05) is 32.1 Å². The predicted octanol–water partition coefficient (Wildman–Crippen LogP) is 4.67. The molecule has 0 radical (unpaired) electrons. The van der Waals surface area contributed by atoms with Gasteiger partial charge in [0, 0.05) is 18.2 Å². The zero-order valence-corrected chi connectivity index (χ0v) is 17.3. The van der Waals surface area contributed by atoms with Crippen LogP contribution in [0.4, 0.5) is 17.1 Å². The second kappa shape index (κ2) is 7.53. The number of halogens is 1. The van der Waals surface area contributed by atoms with E-state index in [0.29, 0.717) is 45.3 Å². The first-order valence-corrected chi connectivity index (χ1v) is 9.92. The third-order valence-corrected chi connectivity index (χ3v) is 5.81. The maximum absolute atomic E-state index is 11.6. The fourth-order valence-corrected chi connectivity index (χ4v) is 4.18. The Balaban J connectivity index is 1.94. The number of nitro benzene ring substituents is 1. The maximum Gasteiger partial charge on any atom is 0.293 e. The van der Waals surface area contributed by atoms with Gasteiger partial charge in [-0.3, -0.25) is 14.8 Å². The minimum atomic E-state index is -0.380. The van der Waals surface area contributed by atoms with E-state index >= 15 is 0 Å². The average Bonchev–Trinajstić information content (AvgIpc) is 3.08. The fraction of sp³-hybridized carbons (Fsp3) is 0.350. The molecule has 0 fully saturated rings. The van der Waals surface area contributed by atoms with Crippen molar-refractivity contribution >= 4 is 39.6 Å². The lowest BCUT2D eigenvalue weighted by Gasteiger charge is -2.20. The molecular weight excluding hydrogens is 394 g/mol. The van der Waals surface area contributed by atoms with Gasteiger partial charge in [-0.2, -0.15) is 5.10 Å². The Morgan fingerprint density at radius 2 is 2.03 bits per heavy atom. The van der Waals surface area contributed by atoms with E-state index in [2.05, 4.69) is 24.1 Å². The molecule has 0 atom stereocenters. The molecule has 1 N–H and O–H groups in total. The van der Waals surface area contributed by atoms with Gasteiger partial charge in [0.2, 0.25) is 0 Å². The number of fused-ring (bicyclic) bond motifs is 2. The molecule has 1 aromatic heterocycles. The number of ether oxygens (including phenoxy) is 1. The van der Waals surface area contributed by atoms with Crippen molar-refractivity contribution in [3.8, 4) is 17.0 Å². The molecule has 152 valence electrons. The second-order valence-electron chi connectivity index (χ2n) is 6.84. The summed E-state index contributed by atoms with van der Waals surface area (Å²) in [4.78, 5) is 13.6. The number of nitro groups is 1. The Morgan fingerprint density at radius 3 is 2.69 bits per heavy atom. The van der Waals surface area contributed by atoms with Crippen molar-refractivity contribution in [1.82, 2.24) is 14.7 Å². The third kappa shape index (κ3) is 3.08. The van der Waals surface area contributed by atoms with Crippen LogP contribution in [0.3, 0.4) is 0 Å². The highest BCUT2D eigenvalue weighted by molar-refractivity contribution is 6.36. The van der Waals surface area contributed by atoms with Crippen molar-refractivity contribution in [2.24, 2.45) is 0 Å². The molecule has 3 aromatic rings. The van der Waals surface area contributed by atoms with E-state index in [1.54, 1.807) is 25.3 Å². The van der Waals surface area contributed by atoms with Gasteiger partial charge in [0.05, 0.1) is 40.2 Å². The summed E-state index contributed by atoms with van der Waals surface area (Å²) >= 11 is 6.61. The van der Waals surface area contributed by atoms with Gasteiger partial charge in [0.25, 0.3) is 5.69 Å². The highest BCUT2D eigenvalue weighted by Gasteiger charge is 2.31. The van der Waals surface area contributed by atoms with E-state index in [4.69, 9.17) is 21.4 Å². The summed E-state index contributed by atoms with van der Waals surface area (Å²) in [5.41, 5.74) is 3.31. The Kier molecular flexibility index (Phi) is 5.06. The standard InChI is InChI=1S/C20H22ClN5O3/c1-4-24(5-2)10-11-25-13-7-8-14(26(27)28)19-17(13)20(23-25)16-12(22-19)6-9-15(29-3)18(16)21/h6-9,22H,4-5,10-11H2,1-3H3. The summed E-state index contributed by atoms with van der Waals surface area (Å²) in [6.07, 6.45) is 0. The lowest BCUT2D eigenvalue weighted by molar-refractivity contribution is -0.383. The number of hydrogen-bond donors (Lipinski definition) is 1. The molecule has 1 aliphatic rings. The molecule has 1 aliphatic heterocycles. The van der Waals surface area contributed by atoms with Crippen LogP contribution >= 0.6 is 11.6 Å². The lowest BCUT2D eigenvalue weighted by Crippen LogP contribution is -2.27. The minimum Gasteiger partial charge on any atom is -0.495 e. The summed E-state index contributed by atoms with van der Waals surface area (Å²) in [5, 5.41) is 20.8. The Bertz CT molecular complexity index is 1110. The summed E-state index contributed by atoms with van der Waals surface area (Å²) in [5.74, 6) is 0.534. The molecule has 2 aromatic carbocycles. The van der Waals surface area contributed by atoms with Gasteiger partial charge < -0.3 is 15.0 Å². The molecule has 0 saturated carbocycles. The molecule has 0 unspecified atom stereocenters. The first kappa shape index (κ1) is 19.5. The maximum atomic E-state index is 11.6. The van der Waals surface area contributed by atoms with Crippen LogP contribution in [0.25, 0.3) is 22.2 Å².